The molecule has 0 saturated carbocycles. The van der Waals surface area contributed by atoms with Crippen molar-refractivity contribution in [2.24, 2.45) is 0 Å². The second kappa shape index (κ2) is 8.38. The van der Waals surface area contributed by atoms with Gasteiger partial charge in [0.2, 0.25) is 5.91 Å². The van der Waals surface area contributed by atoms with Gasteiger partial charge < -0.3 is 14.8 Å². The molecule has 2 aliphatic heterocycles. The van der Waals surface area contributed by atoms with Crippen LogP contribution in [0.3, 0.4) is 0 Å². The zero-order valence-electron chi connectivity index (χ0n) is 14.6. The molecule has 1 aromatic rings. The number of hydrogen-bond acceptors (Lipinski definition) is 4. The molecule has 2 aliphatic rings. The molecule has 0 spiro atoms. The van der Waals surface area contributed by atoms with E-state index in [1.165, 1.54) is 19.3 Å². The van der Waals surface area contributed by atoms with E-state index in [0.29, 0.717) is 19.8 Å². The van der Waals surface area contributed by atoms with Crippen molar-refractivity contribution in [2.75, 3.05) is 38.2 Å². The van der Waals surface area contributed by atoms with E-state index >= 15 is 0 Å². The van der Waals surface area contributed by atoms with Gasteiger partial charge in [-0.25, -0.2) is 0 Å². The predicted molar refractivity (Wildman–Crippen MR) is 95.0 cm³/mol. The lowest BCUT2D eigenvalue weighted by Crippen LogP contribution is -2.37. The number of likely N-dealkylation sites (tertiary alicyclic amines) is 1. The van der Waals surface area contributed by atoms with Crippen LogP contribution < -0.4 is 14.8 Å². The van der Waals surface area contributed by atoms with E-state index in [9.17, 15) is 4.79 Å². The minimum atomic E-state index is 0.0614. The van der Waals surface area contributed by atoms with Crippen molar-refractivity contribution in [1.82, 2.24) is 4.90 Å². The summed E-state index contributed by atoms with van der Waals surface area (Å²) in [4.78, 5) is 14.7. The number of aryl methyl sites for hydroxylation is 1. The molecule has 0 aliphatic carbocycles. The molecule has 2 heterocycles. The smallest absolute Gasteiger partial charge is 0.238 e. The highest BCUT2D eigenvalue weighted by Crippen LogP contribution is 2.36. The zero-order valence-corrected chi connectivity index (χ0v) is 14.6. The van der Waals surface area contributed by atoms with E-state index in [0.717, 1.165) is 55.1 Å². The van der Waals surface area contributed by atoms with Crippen LogP contribution in [0.2, 0.25) is 0 Å². The number of amides is 1. The normalized spacial score (nSPS) is 17.5. The number of benzene rings is 1. The average Bonchev–Trinajstić information content (AvgIpc) is 2.60. The fraction of sp³-hybridized carbons (Fsp3) is 0.632. The van der Waals surface area contributed by atoms with Crippen molar-refractivity contribution in [1.29, 1.82) is 0 Å². The Balaban J connectivity index is 1.70. The van der Waals surface area contributed by atoms with Gasteiger partial charge in [0.15, 0.2) is 11.5 Å². The number of nitrogens with one attached hydrogen (secondary N) is 1. The lowest BCUT2D eigenvalue weighted by Gasteiger charge is -2.26. The first kappa shape index (κ1) is 17.1. The summed E-state index contributed by atoms with van der Waals surface area (Å²) >= 11 is 0. The Labute approximate surface area is 144 Å². The van der Waals surface area contributed by atoms with E-state index in [1.807, 2.05) is 12.1 Å². The van der Waals surface area contributed by atoms with E-state index < -0.39 is 0 Å². The van der Waals surface area contributed by atoms with Crippen LogP contribution in [0.5, 0.6) is 11.5 Å². The summed E-state index contributed by atoms with van der Waals surface area (Å²) in [5.74, 6) is 1.59. The third-order valence-electron chi connectivity index (χ3n) is 4.66. The van der Waals surface area contributed by atoms with E-state index in [-0.39, 0.29) is 5.91 Å². The highest BCUT2D eigenvalue weighted by atomic mass is 16.6. The van der Waals surface area contributed by atoms with Crippen molar-refractivity contribution in [3.8, 4) is 11.5 Å². The molecule has 1 amide bonds. The Morgan fingerprint density at radius 1 is 1.12 bits per heavy atom. The van der Waals surface area contributed by atoms with Gasteiger partial charge in [0.25, 0.3) is 0 Å². The molecule has 5 nitrogen and oxygen atoms in total. The highest BCUT2D eigenvalue weighted by molar-refractivity contribution is 5.93. The standard InChI is InChI=1S/C19H28N2O3/c1-2-3-7-15-12-17-18(24-11-10-23-17)13-16(15)20-19(22)14-21-8-5-4-6-9-21/h12-13H,2-11,14H2,1H3,(H,20,22). The number of carbonyl (C=O) groups is 1. The monoisotopic (exact) mass is 332 g/mol. The topological polar surface area (TPSA) is 50.8 Å². The van der Waals surface area contributed by atoms with Crippen molar-refractivity contribution in [3.05, 3.63) is 17.7 Å². The fourth-order valence-corrected chi connectivity index (χ4v) is 3.33. The van der Waals surface area contributed by atoms with Gasteiger partial charge in [-0.05, 0) is 50.4 Å². The van der Waals surface area contributed by atoms with Gasteiger partial charge in [-0.15, -0.1) is 0 Å². The number of unbranched alkanes of at least 4 members (excludes halogenated alkanes) is 1. The summed E-state index contributed by atoms with van der Waals surface area (Å²) < 4.78 is 11.3. The zero-order chi connectivity index (χ0) is 16.8. The van der Waals surface area contributed by atoms with Crippen molar-refractivity contribution in [2.45, 2.75) is 45.4 Å². The molecule has 0 bridgehead atoms. The molecule has 1 aromatic carbocycles. The minimum absolute atomic E-state index is 0.0614. The Hall–Kier alpha value is -1.75. The van der Waals surface area contributed by atoms with Gasteiger partial charge in [0.05, 0.1) is 6.54 Å². The first-order valence-electron chi connectivity index (χ1n) is 9.21. The maximum Gasteiger partial charge on any atom is 0.238 e. The molecular weight excluding hydrogens is 304 g/mol. The van der Waals surface area contributed by atoms with Gasteiger partial charge in [-0.1, -0.05) is 19.8 Å². The maximum atomic E-state index is 12.4. The van der Waals surface area contributed by atoms with Crippen LogP contribution in [0.1, 0.15) is 44.6 Å². The molecular formula is C19H28N2O3. The SMILES string of the molecule is CCCCc1cc2c(cc1NC(=O)CN1CCCCC1)OCCO2. The molecule has 1 saturated heterocycles. The Kier molecular flexibility index (Phi) is 5.96. The van der Waals surface area contributed by atoms with Crippen LogP contribution in [-0.2, 0) is 11.2 Å². The largest absolute Gasteiger partial charge is 0.486 e. The lowest BCUT2D eigenvalue weighted by molar-refractivity contribution is -0.117. The van der Waals surface area contributed by atoms with Gasteiger partial charge >= 0.3 is 0 Å². The van der Waals surface area contributed by atoms with Gasteiger partial charge in [0, 0.05) is 11.8 Å². The highest BCUT2D eigenvalue weighted by Gasteiger charge is 2.18. The summed E-state index contributed by atoms with van der Waals surface area (Å²) in [5.41, 5.74) is 2.00. The summed E-state index contributed by atoms with van der Waals surface area (Å²) in [7, 11) is 0. The molecule has 1 fully saturated rings. The lowest BCUT2D eigenvalue weighted by atomic mass is 10.0. The van der Waals surface area contributed by atoms with Crippen LogP contribution in [0.25, 0.3) is 0 Å². The number of carbonyl (C=O) groups excluding carboxylic acids is 1. The fourth-order valence-electron chi connectivity index (χ4n) is 3.33. The Morgan fingerprint density at radius 3 is 2.54 bits per heavy atom. The third-order valence-corrected chi connectivity index (χ3v) is 4.66. The number of fused-ring (bicyclic) bond motifs is 1. The second-order valence-corrected chi connectivity index (χ2v) is 6.64. The number of hydrogen-bond donors (Lipinski definition) is 1. The molecule has 0 atom stereocenters. The van der Waals surface area contributed by atoms with Gasteiger partial charge in [-0.2, -0.15) is 0 Å². The van der Waals surface area contributed by atoms with Crippen LogP contribution in [0.15, 0.2) is 12.1 Å². The van der Waals surface area contributed by atoms with Crippen molar-refractivity contribution >= 4 is 11.6 Å². The van der Waals surface area contributed by atoms with Crippen LogP contribution in [-0.4, -0.2) is 43.7 Å². The molecule has 1 N–H and O–H groups in total. The number of piperidine rings is 1. The molecule has 0 aromatic heterocycles. The summed E-state index contributed by atoms with van der Waals surface area (Å²) in [5, 5.41) is 3.10. The number of nitrogens with zero attached hydrogens (tertiary/aromatic N) is 1. The molecule has 3 rings (SSSR count). The Bertz CT molecular complexity index is 568. The molecule has 0 unspecified atom stereocenters. The van der Waals surface area contributed by atoms with E-state index in [1.54, 1.807) is 0 Å². The summed E-state index contributed by atoms with van der Waals surface area (Å²) in [6, 6.07) is 3.95. The van der Waals surface area contributed by atoms with Crippen molar-refractivity contribution in [3.63, 3.8) is 0 Å². The van der Waals surface area contributed by atoms with Gasteiger partial charge in [0.1, 0.15) is 13.2 Å². The van der Waals surface area contributed by atoms with Gasteiger partial charge in [-0.3, -0.25) is 9.69 Å². The molecule has 5 heteroatoms. The molecule has 132 valence electrons. The minimum Gasteiger partial charge on any atom is -0.486 e. The second-order valence-electron chi connectivity index (χ2n) is 6.64. The average molecular weight is 332 g/mol. The number of ether oxygens (including phenoxy) is 2. The quantitative estimate of drug-likeness (QED) is 0.869. The Morgan fingerprint density at radius 2 is 1.83 bits per heavy atom. The summed E-state index contributed by atoms with van der Waals surface area (Å²) in [6.07, 6.45) is 6.82. The number of rotatable bonds is 6. The van der Waals surface area contributed by atoms with E-state index in [4.69, 9.17) is 9.47 Å². The van der Waals surface area contributed by atoms with Crippen LogP contribution in [0.4, 0.5) is 5.69 Å². The van der Waals surface area contributed by atoms with Crippen LogP contribution in [0, 0.1) is 0 Å². The first-order valence-corrected chi connectivity index (χ1v) is 9.21. The predicted octanol–water partition coefficient (Wildman–Crippen LogP) is 3.22. The summed E-state index contributed by atoms with van der Waals surface area (Å²) in [6.45, 7) is 5.84. The molecule has 24 heavy (non-hydrogen) atoms. The first-order chi connectivity index (χ1) is 11.8. The maximum absolute atomic E-state index is 12.4. The van der Waals surface area contributed by atoms with Crippen LogP contribution >= 0.6 is 0 Å². The number of anilines is 1. The van der Waals surface area contributed by atoms with E-state index in [2.05, 4.69) is 17.1 Å². The molecule has 0 radical (unpaired) electrons. The van der Waals surface area contributed by atoms with Crippen molar-refractivity contribution < 1.29 is 14.3 Å². The third kappa shape index (κ3) is 4.41.